The van der Waals surface area contributed by atoms with Crippen LogP contribution in [0.2, 0.25) is 0 Å². The predicted octanol–water partition coefficient (Wildman–Crippen LogP) is 0.00860. The maximum absolute atomic E-state index is 11.5. The molecule has 0 bridgehead atoms. The molecule has 16 heavy (non-hydrogen) atoms. The summed E-state index contributed by atoms with van der Waals surface area (Å²) >= 11 is 4.58. The lowest BCUT2D eigenvalue weighted by Gasteiger charge is -2.33. The van der Waals surface area contributed by atoms with Gasteiger partial charge in [0.15, 0.2) is 0 Å². The van der Waals surface area contributed by atoms with E-state index in [0.29, 0.717) is 19.8 Å². The monoisotopic (exact) mass is 266 g/mol. The van der Waals surface area contributed by atoms with Crippen LogP contribution in [0.25, 0.3) is 0 Å². The second kappa shape index (κ2) is 5.39. The molecule has 94 valence electrons. The molecule has 1 aliphatic heterocycles. The summed E-state index contributed by atoms with van der Waals surface area (Å²) in [6.07, 6.45) is 1.73. The average Bonchev–Trinajstić information content (AvgIpc) is 2.15. The Kier molecular flexibility index (Phi) is 4.66. The SMILES string of the molecule is CC1(CNS(=O)(=O)CC(N)=S)CCOCC1. The minimum atomic E-state index is -3.38. The van der Waals surface area contributed by atoms with Crippen LogP contribution in [-0.4, -0.2) is 38.9 Å². The molecule has 5 nitrogen and oxygen atoms in total. The molecular weight excluding hydrogens is 248 g/mol. The molecule has 0 radical (unpaired) electrons. The standard InChI is InChI=1S/C9H18N2O3S2/c1-9(2-4-14-5-3-9)7-11-16(12,13)6-8(10)15/h11H,2-7H2,1H3,(H2,10,15). The van der Waals surface area contributed by atoms with E-state index < -0.39 is 10.0 Å². The van der Waals surface area contributed by atoms with Crippen LogP contribution >= 0.6 is 12.2 Å². The molecule has 0 aromatic rings. The van der Waals surface area contributed by atoms with Gasteiger partial charge >= 0.3 is 0 Å². The molecule has 1 fully saturated rings. The molecule has 0 aromatic carbocycles. The summed E-state index contributed by atoms with van der Waals surface area (Å²) in [4.78, 5) is -0.00960. The van der Waals surface area contributed by atoms with Crippen molar-refractivity contribution in [3.05, 3.63) is 0 Å². The topological polar surface area (TPSA) is 81.4 Å². The van der Waals surface area contributed by atoms with E-state index >= 15 is 0 Å². The molecule has 7 heteroatoms. The molecule has 0 aromatic heterocycles. The van der Waals surface area contributed by atoms with Crippen LogP contribution in [0.5, 0.6) is 0 Å². The third-order valence-corrected chi connectivity index (χ3v) is 4.35. The van der Waals surface area contributed by atoms with Gasteiger partial charge in [-0.1, -0.05) is 19.1 Å². The molecule has 0 unspecified atom stereocenters. The summed E-state index contributed by atoms with van der Waals surface area (Å²) < 4.78 is 30.8. The van der Waals surface area contributed by atoms with Gasteiger partial charge in [0.1, 0.15) is 5.75 Å². The highest BCUT2D eigenvalue weighted by Crippen LogP contribution is 2.28. The zero-order chi connectivity index (χ0) is 12.2. The summed E-state index contributed by atoms with van der Waals surface area (Å²) in [7, 11) is -3.38. The fourth-order valence-corrected chi connectivity index (χ4v) is 3.07. The Morgan fingerprint density at radius 2 is 2.06 bits per heavy atom. The van der Waals surface area contributed by atoms with Crippen molar-refractivity contribution in [1.29, 1.82) is 0 Å². The largest absolute Gasteiger partial charge is 0.392 e. The van der Waals surface area contributed by atoms with Gasteiger partial charge < -0.3 is 10.5 Å². The van der Waals surface area contributed by atoms with Crippen molar-refractivity contribution in [1.82, 2.24) is 4.72 Å². The van der Waals surface area contributed by atoms with Crippen molar-refractivity contribution in [2.45, 2.75) is 19.8 Å². The fraction of sp³-hybridized carbons (Fsp3) is 0.889. The number of hydrogen-bond acceptors (Lipinski definition) is 4. The first-order valence-corrected chi connectivity index (χ1v) is 7.22. The Hall–Kier alpha value is -0.240. The molecule has 0 amide bonds. The Morgan fingerprint density at radius 1 is 1.50 bits per heavy atom. The van der Waals surface area contributed by atoms with Crippen LogP contribution in [-0.2, 0) is 14.8 Å². The van der Waals surface area contributed by atoms with Crippen LogP contribution in [0.3, 0.4) is 0 Å². The Morgan fingerprint density at radius 3 is 2.56 bits per heavy atom. The zero-order valence-corrected chi connectivity index (χ0v) is 11.0. The van der Waals surface area contributed by atoms with Crippen molar-refractivity contribution >= 4 is 27.2 Å². The molecule has 1 rings (SSSR count). The van der Waals surface area contributed by atoms with Crippen LogP contribution < -0.4 is 10.5 Å². The van der Waals surface area contributed by atoms with Gasteiger partial charge in [0.05, 0.1) is 4.99 Å². The Balaban J connectivity index is 2.46. The number of nitrogens with one attached hydrogen (secondary N) is 1. The van der Waals surface area contributed by atoms with E-state index in [1.54, 1.807) is 0 Å². The number of thiocarbonyl (C=S) groups is 1. The van der Waals surface area contributed by atoms with Crippen molar-refractivity contribution < 1.29 is 13.2 Å². The normalized spacial score (nSPS) is 20.6. The zero-order valence-electron chi connectivity index (χ0n) is 9.36. The first kappa shape index (κ1) is 13.8. The van der Waals surface area contributed by atoms with Crippen molar-refractivity contribution in [3.8, 4) is 0 Å². The Bertz CT molecular complexity index is 348. The number of ether oxygens (including phenoxy) is 1. The fourth-order valence-electron chi connectivity index (χ4n) is 1.56. The summed E-state index contributed by atoms with van der Waals surface area (Å²) in [6, 6.07) is 0. The molecule has 1 aliphatic rings. The third-order valence-electron chi connectivity index (χ3n) is 2.75. The molecule has 0 spiro atoms. The molecule has 0 saturated carbocycles. The first-order valence-electron chi connectivity index (χ1n) is 5.16. The number of nitrogens with two attached hydrogens (primary N) is 1. The highest BCUT2D eigenvalue weighted by molar-refractivity contribution is 7.92. The number of sulfonamides is 1. The van der Waals surface area contributed by atoms with E-state index in [4.69, 9.17) is 10.5 Å². The minimum Gasteiger partial charge on any atom is -0.392 e. The highest BCUT2D eigenvalue weighted by atomic mass is 32.2. The third kappa shape index (κ3) is 4.73. The average molecular weight is 266 g/mol. The van der Waals surface area contributed by atoms with Crippen LogP contribution in [0.4, 0.5) is 0 Å². The van der Waals surface area contributed by atoms with E-state index in [9.17, 15) is 8.42 Å². The first-order chi connectivity index (χ1) is 7.33. The van der Waals surface area contributed by atoms with Gasteiger partial charge in [-0.2, -0.15) is 0 Å². The molecule has 0 aliphatic carbocycles. The molecule has 1 heterocycles. The van der Waals surface area contributed by atoms with Crippen LogP contribution in [0, 0.1) is 5.41 Å². The van der Waals surface area contributed by atoms with Gasteiger partial charge in [-0.25, -0.2) is 13.1 Å². The van der Waals surface area contributed by atoms with Gasteiger partial charge in [0.2, 0.25) is 10.0 Å². The quantitative estimate of drug-likeness (QED) is 0.685. The van der Waals surface area contributed by atoms with Gasteiger partial charge in [0, 0.05) is 19.8 Å². The lowest BCUT2D eigenvalue weighted by atomic mass is 9.83. The van der Waals surface area contributed by atoms with Gasteiger partial charge in [-0.05, 0) is 18.3 Å². The summed E-state index contributed by atoms with van der Waals surface area (Å²) in [6.45, 7) is 3.85. The van der Waals surface area contributed by atoms with Crippen LogP contribution in [0.1, 0.15) is 19.8 Å². The van der Waals surface area contributed by atoms with E-state index in [1.807, 2.05) is 0 Å². The predicted molar refractivity (Wildman–Crippen MR) is 66.7 cm³/mol. The minimum absolute atomic E-state index is 0.00960. The summed E-state index contributed by atoms with van der Waals surface area (Å²) in [5, 5.41) is 0. The molecule has 1 saturated heterocycles. The van der Waals surface area contributed by atoms with E-state index in [1.165, 1.54) is 0 Å². The molecular formula is C9H18N2O3S2. The highest BCUT2D eigenvalue weighted by Gasteiger charge is 2.28. The summed E-state index contributed by atoms with van der Waals surface area (Å²) in [5.41, 5.74) is 5.19. The second-order valence-corrected chi connectivity index (χ2v) is 6.80. The van der Waals surface area contributed by atoms with Gasteiger partial charge in [-0.3, -0.25) is 0 Å². The maximum Gasteiger partial charge on any atom is 0.218 e. The van der Waals surface area contributed by atoms with Crippen molar-refractivity contribution in [2.24, 2.45) is 11.1 Å². The second-order valence-electron chi connectivity index (χ2n) is 4.47. The van der Waals surface area contributed by atoms with Crippen molar-refractivity contribution in [3.63, 3.8) is 0 Å². The molecule has 3 N–H and O–H groups in total. The molecule has 0 atom stereocenters. The Labute approximate surface area is 102 Å². The van der Waals surface area contributed by atoms with Crippen molar-refractivity contribution in [2.75, 3.05) is 25.5 Å². The summed E-state index contributed by atoms with van der Waals surface area (Å²) in [5.74, 6) is -0.283. The smallest absolute Gasteiger partial charge is 0.218 e. The van der Waals surface area contributed by atoms with E-state index in [0.717, 1.165) is 12.8 Å². The lowest BCUT2D eigenvalue weighted by Crippen LogP contribution is -2.41. The van der Waals surface area contributed by atoms with E-state index in [-0.39, 0.29) is 16.2 Å². The number of hydrogen-bond donors (Lipinski definition) is 2. The number of rotatable bonds is 5. The lowest BCUT2D eigenvalue weighted by molar-refractivity contribution is 0.0265. The van der Waals surface area contributed by atoms with Gasteiger partial charge in [-0.15, -0.1) is 0 Å². The van der Waals surface area contributed by atoms with E-state index in [2.05, 4.69) is 23.9 Å². The maximum atomic E-state index is 11.5. The van der Waals surface area contributed by atoms with Crippen LogP contribution in [0.15, 0.2) is 0 Å². The van der Waals surface area contributed by atoms with Gasteiger partial charge in [0.25, 0.3) is 0 Å².